The summed E-state index contributed by atoms with van der Waals surface area (Å²) in [5.41, 5.74) is 2.39. The first kappa shape index (κ1) is 16.8. The van der Waals surface area contributed by atoms with E-state index in [9.17, 15) is 0 Å². The second kappa shape index (κ2) is 7.28. The number of piperidine rings is 1. The Kier molecular flexibility index (Phi) is 4.88. The molecule has 1 unspecified atom stereocenters. The van der Waals surface area contributed by atoms with Crippen LogP contribution in [0.2, 0.25) is 0 Å². The predicted octanol–water partition coefficient (Wildman–Crippen LogP) is 3.33. The second-order valence-electron chi connectivity index (χ2n) is 7.12. The molecular weight excluding hydrogens is 314 g/mol. The SMILES string of the molecule is COC1OC2(CCN(CCCCn3ccnc3)CC2)c2ccccc21. The number of benzene rings is 1. The molecule has 1 saturated heterocycles. The minimum Gasteiger partial charge on any atom is -0.352 e. The van der Waals surface area contributed by atoms with Gasteiger partial charge in [-0.2, -0.15) is 0 Å². The number of nitrogens with zero attached hydrogens (tertiary/aromatic N) is 3. The van der Waals surface area contributed by atoms with Crippen LogP contribution in [-0.2, 0) is 21.6 Å². The number of likely N-dealkylation sites (tertiary alicyclic amines) is 1. The molecule has 0 aliphatic carbocycles. The lowest BCUT2D eigenvalue weighted by atomic mass is 9.83. The Morgan fingerprint density at radius 1 is 1.20 bits per heavy atom. The average Bonchev–Trinajstić information content (AvgIpc) is 3.28. The summed E-state index contributed by atoms with van der Waals surface area (Å²) in [5.74, 6) is 0. The van der Waals surface area contributed by atoms with Gasteiger partial charge < -0.3 is 18.9 Å². The molecule has 2 aliphatic rings. The van der Waals surface area contributed by atoms with Crippen molar-refractivity contribution in [2.75, 3.05) is 26.7 Å². The van der Waals surface area contributed by atoms with E-state index in [-0.39, 0.29) is 11.9 Å². The standard InChI is InChI=1S/C20H27N3O2/c1-24-19-17-6-2-3-7-18(17)20(25-19)8-13-22(14-9-20)11-4-5-12-23-15-10-21-16-23/h2-3,6-7,10,15-16,19H,4-5,8-9,11-14H2,1H3. The van der Waals surface area contributed by atoms with E-state index >= 15 is 0 Å². The average molecular weight is 341 g/mol. The number of fused-ring (bicyclic) bond motifs is 2. The van der Waals surface area contributed by atoms with Crippen molar-refractivity contribution in [3.05, 3.63) is 54.1 Å². The van der Waals surface area contributed by atoms with Crippen molar-refractivity contribution in [2.24, 2.45) is 0 Å². The van der Waals surface area contributed by atoms with Gasteiger partial charge in [0.15, 0.2) is 6.29 Å². The van der Waals surface area contributed by atoms with Crippen LogP contribution in [0.3, 0.4) is 0 Å². The predicted molar refractivity (Wildman–Crippen MR) is 96.1 cm³/mol. The third kappa shape index (κ3) is 3.36. The summed E-state index contributed by atoms with van der Waals surface area (Å²) in [6.07, 6.45) is 10.1. The molecule has 1 atom stereocenters. The number of hydrogen-bond acceptors (Lipinski definition) is 4. The molecule has 5 heteroatoms. The van der Waals surface area contributed by atoms with Crippen molar-refractivity contribution in [1.82, 2.24) is 14.5 Å². The van der Waals surface area contributed by atoms with E-state index in [0.717, 1.165) is 32.5 Å². The van der Waals surface area contributed by atoms with Crippen LogP contribution in [0, 0.1) is 0 Å². The number of aryl methyl sites for hydroxylation is 1. The molecule has 2 aromatic rings. The lowest BCUT2D eigenvalue weighted by Gasteiger charge is -2.39. The maximum Gasteiger partial charge on any atom is 0.184 e. The molecule has 4 rings (SSSR count). The van der Waals surface area contributed by atoms with Crippen LogP contribution in [-0.4, -0.2) is 41.2 Å². The van der Waals surface area contributed by atoms with E-state index in [0.29, 0.717) is 0 Å². The molecule has 5 nitrogen and oxygen atoms in total. The highest BCUT2D eigenvalue weighted by atomic mass is 16.7. The molecule has 2 aliphatic heterocycles. The summed E-state index contributed by atoms with van der Waals surface area (Å²) in [5, 5.41) is 0. The topological polar surface area (TPSA) is 39.5 Å². The summed E-state index contributed by atoms with van der Waals surface area (Å²) in [7, 11) is 1.73. The Morgan fingerprint density at radius 2 is 2.00 bits per heavy atom. The molecular formula is C20H27N3O2. The van der Waals surface area contributed by atoms with Crippen molar-refractivity contribution in [3.63, 3.8) is 0 Å². The summed E-state index contributed by atoms with van der Waals surface area (Å²) < 4.78 is 14.1. The zero-order valence-electron chi connectivity index (χ0n) is 14.9. The van der Waals surface area contributed by atoms with Gasteiger partial charge in [-0.15, -0.1) is 0 Å². The number of aromatic nitrogens is 2. The molecule has 0 amide bonds. The summed E-state index contributed by atoms with van der Waals surface area (Å²) >= 11 is 0. The highest BCUT2D eigenvalue weighted by Crippen LogP contribution is 2.49. The van der Waals surface area contributed by atoms with Gasteiger partial charge in [0.2, 0.25) is 0 Å². The van der Waals surface area contributed by atoms with Crippen molar-refractivity contribution in [1.29, 1.82) is 0 Å². The Balaban J connectivity index is 1.30. The first-order chi connectivity index (χ1) is 12.3. The quantitative estimate of drug-likeness (QED) is 0.756. The number of rotatable bonds is 6. The molecule has 0 radical (unpaired) electrons. The molecule has 1 spiro atoms. The van der Waals surface area contributed by atoms with Crippen molar-refractivity contribution in [2.45, 2.75) is 44.1 Å². The van der Waals surface area contributed by atoms with Gasteiger partial charge in [-0.3, -0.25) is 0 Å². The van der Waals surface area contributed by atoms with Crippen LogP contribution >= 0.6 is 0 Å². The van der Waals surface area contributed by atoms with Crippen LogP contribution in [0.5, 0.6) is 0 Å². The Hall–Kier alpha value is -1.69. The lowest BCUT2D eigenvalue weighted by Crippen LogP contribution is -2.43. The largest absolute Gasteiger partial charge is 0.352 e. The third-order valence-corrected chi connectivity index (χ3v) is 5.62. The minimum absolute atomic E-state index is 0.148. The van der Waals surface area contributed by atoms with Crippen molar-refractivity contribution < 1.29 is 9.47 Å². The van der Waals surface area contributed by atoms with E-state index in [2.05, 4.69) is 38.7 Å². The molecule has 134 valence electrons. The molecule has 1 aromatic heterocycles. The van der Waals surface area contributed by atoms with Crippen LogP contribution < -0.4 is 0 Å². The fourth-order valence-electron chi connectivity index (χ4n) is 4.20. The van der Waals surface area contributed by atoms with Gasteiger partial charge in [0, 0.05) is 44.7 Å². The van der Waals surface area contributed by atoms with E-state index in [1.165, 1.54) is 30.5 Å². The van der Waals surface area contributed by atoms with E-state index in [1.54, 1.807) is 7.11 Å². The van der Waals surface area contributed by atoms with Gasteiger partial charge in [-0.25, -0.2) is 4.98 Å². The minimum atomic E-state index is -0.210. The number of unbranched alkanes of at least 4 members (excludes halogenated alkanes) is 1. The second-order valence-corrected chi connectivity index (χ2v) is 7.12. The van der Waals surface area contributed by atoms with Gasteiger partial charge in [0.25, 0.3) is 0 Å². The molecule has 1 fully saturated rings. The number of methoxy groups -OCH3 is 1. The molecule has 0 saturated carbocycles. The van der Waals surface area contributed by atoms with Crippen LogP contribution in [0.25, 0.3) is 0 Å². The van der Waals surface area contributed by atoms with Gasteiger partial charge in [0.05, 0.1) is 11.9 Å². The summed E-state index contributed by atoms with van der Waals surface area (Å²) in [6, 6.07) is 8.54. The Morgan fingerprint density at radius 3 is 2.76 bits per heavy atom. The van der Waals surface area contributed by atoms with Crippen LogP contribution in [0.4, 0.5) is 0 Å². The molecule has 25 heavy (non-hydrogen) atoms. The maximum absolute atomic E-state index is 6.37. The highest BCUT2D eigenvalue weighted by molar-refractivity contribution is 5.37. The third-order valence-electron chi connectivity index (χ3n) is 5.62. The maximum atomic E-state index is 6.37. The summed E-state index contributed by atoms with van der Waals surface area (Å²) in [4.78, 5) is 6.67. The lowest BCUT2D eigenvalue weighted by molar-refractivity contribution is -0.202. The van der Waals surface area contributed by atoms with E-state index in [1.807, 2.05) is 18.7 Å². The van der Waals surface area contributed by atoms with Crippen LogP contribution in [0.1, 0.15) is 43.1 Å². The Labute approximate surface area is 149 Å². The van der Waals surface area contributed by atoms with Gasteiger partial charge in [-0.1, -0.05) is 24.3 Å². The monoisotopic (exact) mass is 341 g/mol. The smallest absolute Gasteiger partial charge is 0.184 e. The first-order valence-electron chi connectivity index (χ1n) is 9.29. The van der Waals surface area contributed by atoms with Gasteiger partial charge >= 0.3 is 0 Å². The van der Waals surface area contributed by atoms with E-state index in [4.69, 9.17) is 9.47 Å². The number of ether oxygens (including phenoxy) is 2. The zero-order valence-corrected chi connectivity index (χ0v) is 14.9. The van der Waals surface area contributed by atoms with Crippen LogP contribution in [0.15, 0.2) is 43.0 Å². The highest BCUT2D eigenvalue weighted by Gasteiger charge is 2.46. The van der Waals surface area contributed by atoms with Gasteiger partial charge in [-0.05, 0) is 37.8 Å². The van der Waals surface area contributed by atoms with Crippen molar-refractivity contribution in [3.8, 4) is 0 Å². The van der Waals surface area contributed by atoms with E-state index < -0.39 is 0 Å². The number of imidazole rings is 1. The molecule has 3 heterocycles. The Bertz CT molecular complexity index is 678. The number of hydrogen-bond donors (Lipinski definition) is 0. The van der Waals surface area contributed by atoms with Gasteiger partial charge in [0.1, 0.15) is 0 Å². The fourth-order valence-corrected chi connectivity index (χ4v) is 4.20. The first-order valence-corrected chi connectivity index (χ1v) is 9.29. The fraction of sp³-hybridized carbons (Fsp3) is 0.550. The zero-order chi connectivity index (χ0) is 17.1. The molecule has 0 N–H and O–H groups in total. The normalized spacial score (nSPS) is 22.4. The molecule has 1 aromatic carbocycles. The molecule has 0 bridgehead atoms. The summed E-state index contributed by atoms with van der Waals surface area (Å²) in [6.45, 7) is 4.41. The van der Waals surface area contributed by atoms with Crippen molar-refractivity contribution >= 4 is 0 Å².